The molecule has 0 bridgehead atoms. The molecule has 0 unspecified atom stereocenters. The van der Waals surface area contributed by atoms with E-state index >= 15 is 0 Å². The zero-order valence-electron chi connectivity index (χ0n) is 10.6. The van der Waals surface area contributed by atoms with E-state index in [2.05, 4.69) is 6.58 Å². The van der Waals surface area contributed by atoms with Crippen molar-refractivity contribution in [1.29, 1.82) is 0 Å². The van der Waals surface area contributed by atoms with Gasteiger partial charge in [0.1, 0.15) is 0 Å². The van der Waals surface area contributed by atoms with Gasteiger partial charge in [-0.3, -0.25) is 0 Å². The van der Waals surface area contributed by atoms with Gasteiger partial charge in [0.2, 0.25) is 0 Å². The molecule has 3 nitrogen and oxygen atoms in total. The third kappa shape index (κ3) is 2.14. The predicted molar refractivity (Wildman–Crippen MR) is 62.9 cm³/mol. The van der Waals surface area contributed by atoms with Crippen LogP contribution in [0.25, 0.3) is 0 Å². The summed E-state index contributed by atoms with van der Waals surface area (Å²) in [6.07, 6.45) is 1.44. The first-order chi connectivity index (χ1) is 7.30. The van der Waals surface area contributed by atoms with Gasteiger partial charge in [0.15, 0.2) is 5.60 Å². The molecule has 1 aliphatic carbocycles. The van der Waals surface area contributed by atoms with E-state index in [1.54, 1.807) is 13.8 Å². The van der Waals surface area contributed by atoms with Crippen molar-refractivity contribution in [1.82, 2.24) is 0 Å². The summed E-state index contributed by atoms with van der Waals surface area (Å²) >= 11 is 0. The Bertz CT molecular complexity index is 296. The van der Waals surface area contributed by atoms with Crippen molar-refractivity contribution in [3.05, 3.63) is 12.2 Å². The Balaban J connectivity index is 2.94. The second-order valence-electron chi connectivity index (χ2n) is 5.16. The van der Waals surface area contributed by atoms with Gasteiger partial charge in [-0.2, -0.15) is 0 Å². The summed E-state index contributed by atoms with van der Waals surface area (Å²) in [7, 11) is 0. The van der Waals surface area contributed by atoms with E-state index in [0.29, 0.717) is 0 Å². The maximum absolute atomic E-state index is 12.0. The smallest absolute Gasteiger partial charge is 0.339 e. The SMILES string of the molecule is C=C(C)[C@H]1CC[C@H](C)[C@]1(O)C(=O)OC(C)C. The molecule has 0 aromatic heterocycles. The minimum Gasteiger partial charge on any atom is -0.461 e. The molecule has 1 N–H and O–H groups in total. The molecule has 1 rings (SSSR count). The minimum atomic E-state index is -1.38. The minimum absolute atomic E-state index is 0.0690. The van der Waals surface area contributed by atoms with Crippen molar-refractivity contribution in [2.45, 2.75) is 52.2 Å². The fourth-order valence-electron chi connectivity index (χ4n) is 2.47. The van der Waals surface area contributed by atoms with E-state index in [1.807, 2.05) is 13.8 Å². The molecule has 1 saturated carbocycles. The molecule has 0 aliphatic heterocycles. The van der Waals surface area contributed by atoms with E-state index in [0.717, 1.165) is 18.4 Å². The lowest BCUT2D eigenvalue weighted by Crippen LogP contribution is -2.49. The lowest BCUT2D eigenvalue weighted by molar-refractivity contribution is -0.176. The second kappa shape index (κ2) is 4.58. The summed E-state index contributed by atoms with van der Waals surface area (Å²) in [5.74, 6) is -0.741. The van der Waals surface area contributed by atoms with Crippen LogP contribution in [0.5, 0.6) is 0 Å². The Labute approximate surface area is 97.5 Å². The van der Waals surface area contributed by atoms with Crippen LogP contribution in [0.3, 0.4) is 0 Å². The van der Waals surface area contributed by atoms with Crippen molar-refractivity contribution in [2.75, 3.05) is 0 Å². The van der Waals surface area contributed by atoms with Gasteiger partial charge in [-0.25, -0.2) is 4.79 Å². The zero-order chi connectivity index (χ0) is 12.5. The maximum atomic E-state index is 12.0. The van der Waals surface area contributed by atoms with Crippen molar-refractivity contribution >= 4 is 5.97 Å². The van der Waals surface area contributed by atoms with Crippen LogP contribution in [0, 0.1) is 11.8 Å². The largest absolute Gasteiger partial charge is 0.461 e. The highest BCUT2D eigenvalue weighted by molar-refractivity contribution is 5.81. The first-order valence-corrected chi connectivity index (χ1v) is 5.89. The van der Waals surface area contributed by atoms with E-state index < -0.39 is 11.6 Å². The molecule has 3 heteroatoms. The standard InChI is InChI=1S/C13H22O3/c1-8(2)11-7-6-10(5)13(11,15)12(14)16-9(3)4/h9-11,15H,1,6-7H2,2-5H3/t10-,11+,13+/m0/s1. The number of hydrogen-bond acceptors (Lipinski definition) is 3. The van der Waals surface area contributed by atoms with E-state index in [4.69, 9.17) is 4.74 Å². The summed E-state index contributed by atoms with van der Waals surface area (Å²) < 4.78 is 5.16. The van der Waals surface area contributed by atoms with Crippen LogP contribution < -0.4 is 0 Å². The van der Waals surface area contributed by atoms with Gasteiger partial charge in [0, 0.05) is 5.92 Å². The topological polar surface area (TPSA) is 46.5 Å². The Kier molecular flexibility index (Phi) is 3.79. The summed E-state index contributed by atoms with van der Waals surface area (Å²) in [6, 6.07) is 0. The van der Waals surface area contributed by atoms with Gasteiger partial charge < -0.3 is 9.84 Å². The normalized spacial score (nSPS) is 34.1. The number of carbonyl (C=O) groups is 1. The van der Waals surface area contributed by atoms with Gasteiger partial charge in [0.05, 0.1) is 6.10 Å². The molecule has 0 radical (unpaired) electrons. The zero-order valence-corrected chi connectivity index (χ0v) is 10.6. The van der Waals surface area contributed by atoms with Crippen LogP contribution in [0.4, 0.5) is 0 Å². The summed E-state index contributed by atoms with van der Waals surface area (Å²) in [6.45, 7) is 11.2. The molecule has 16 heavy (non-hydrogen) atoms. The fourth-order valence-corrected chi connectivity index (χ4v) is 2.47. The molecule has 0 aromatic rings. The molecular weight excluding hydrogens is 204 g/mol. The van der Waals surface area contributed by atoms with Crippen LogP contribution in [-0.2, 0) is 9.53 Å². The monoisotopic (exact) mass is 226 g/mol. The number of hydrogen-bond donors (Lipinski definition) is 1. The highest BCUT2D eigenvalue weighted by Gasteiger charge is 2.54. The van der Waals surface area contributed by atoms with Gasteiger partial charge in [-0.1, -0.05) is 19.1 Å². The number of carbonyl (C=O) groups excluding carboxylic acids is 1. The summed E-state index contributed by atoms with van der Waals surface area (Å²) in [4.78, 5) is 12.0. The third-order valence-electron chi connectivity index (χ3n) is 3.44. The lowest BCUT2D eigenvalue weighted by Gasteiger charge is -2.32. The summed E-state index contributed by atoms with van der Waals surface area (Å²) in [5.41, 5.74) is -0.525. The van der Waals surface area contributed by atoms with Gasteiger partial charge in [-0.15, -0.1) is 0 Å². The first-order valence-electron chi connectivity index (χ1n) is 5.89. The van der Waals surface area contributed by atoms with Crippen molar-refractivity contribution in [3.63, 3.8) is 0 Å². The van der Waals surface area contributed by atoms with Gasteiger partial charge in [0.25, 0.3) is 0 Å². The van der Waals surface area contributed by atoms with Gasteiger partial charge in [-0.05, 0) is 39.5 Å². The Hall–Kier alpha value is -0.830. The molecule has 0 saturated heterocycles. The maximum Gasteiger partial charge on any atom is 0.339 e. The highest BCUT2D eigenvalue weighted by atomic mass is 16.6. The molecule has 92 valence electrons. The number of ether oxygens (including phenoxy) is 1. The molecular formula is C13H22O3. The lowest BCUT2D eigenvalue weighted by atomic mass is 9.81. The molecule has 0 amide bonds. The summed E-state index contributed by atoms with van der Waals surface area (Å²) in [5, 5.41) is 10.6. The predicted octanol–water partition coefficient (Wildman–Crippen LogP) is 2.29. The van der Waals surface area contributed by atoms with Crippen LogP contribution in [0.15, 0.2) is 12.2 Å². The average molecular weight is 226 g/mol. The van der Waals surface area contributed by atoms with Crippen LogP contribution in [-0.4, -0.2) is 22.8 Å². The van der Waals surface area contributed by atoms with E-state index in [9.17, 15) is 9.90 Å². The van der Waals surface area contributed by atoms with E-state index in [-0.39, 0.29) is 17.9 Å². The second-order valence-corrected chi connectivity index (χ2v) is 5.16. The Morgan fingerprint density at radius 2 is 2.06 bits per heavy atom. The fraction of sp³-hybridized carbons (Fsp3) is 0.769. The number of esters is 1. The van der Waals surface area contributed by atoms with Gasteiger partial charge >= 0.3 is 5.97 Å². The molecule has 0 spiro atoms. The van der Waals surface area contributed by atoms with Crippen molar-refractivity contribution in [2.24, 2.45) is 11.8 Å². The van der Waals surface area contributed by atoms with Crippen LogP contribution in [0.2, 0.25) is 0 Å². The average Bonchev–Trinajstić information content (AvgIpc) is 2.43. The Morgan fingerprint density at radius 1 is 1.50 bits per heavy atom. The van der Waals surface area contributed by atoms with Crippen molar-refractivity contribution in [3.8, 4) is 0 Å². The van der Waals surface area contributed by atoms with Crippen molar-refractivity contribution < 1.29 is 14.6 Å². The highest BCUT2D eigenvalue weighted by Crippen LogP contribution is 2.44. The Morgan fingerprint density at radius 3 is 2.50 bits per heavy atom. The number of rotatable bonds is 3. The molecule has 1 fully saturated rings. The molecule has 0 heterocycles. The first kappa shape index (κ1) is 13.2. The van der Waals surface area contributed by atoms with Crippen LogP contribution in [0.1, 0.15) is 40.5 Å². The van der Waals surface area contributed by atoms with E-state index in [1.165, 1.54) is 0 Å². The molecule has 0 aromatic carbocycles. The molecule has 1 aliphatic rings. The quantitative estimate of drug-likeness (QED) is 0.593. The molecule has 3 atom stereocenters. The van der Waals surface area contributed by atoms with Crippen LogP contribution >= 0.6 is 0 Å². The number of aliphatic hydroxyl groups is 1. The third-order valence-corrected chi connectivity index (χ3v) is 3.44.